The van der Waals surface area contributed by atoms with Crippen LogP contribution in [0.3, 0.4) is 0 Å². The monoisotopic (exact) mass is 253 g/mol. The van der Waals surface area contributed by atoms with E-state index in [2.05, 4.69) is 0 Å². The molecule has 1 aliphatic heterocycles. The predicted molar refractivity (Wildman–Crippen MR) is 67.3 cm³/mol. The molecule has 1 saturated heterocycles. The van der Waals surface area contributed by atoms with Gasteiger partial charge in [-0.25, -0.2) is 0 Å². The summed E-state index contributed by atoms with van der Waals surface area (Å²) in [5.74, 6) is -1.06. The largest absolute Gasteiger partial charge is 0.350 e. The smallest absolute Gasteiger partial charge is 0.305 e. The first-order valence-electron chi connectivity index (χ1n) is 5.86. The minimum absolute atomic E-state index is 0.557. The Labute approximate surface area is 107 Å². The first-order chi connectivity index (χ1) is 8.78. The molecule has 1 aromatic rings. The number of ether oxygens (including phenoxy) is 4. The van der Waals surface area contributed by atoms with Gasteiger partial charge in [0.2, 0.25) is 6.29 Å². The lowest BCUT2D eigenvalue weighted by Crippen LogP contribution is -2.65. The lowest BCUT2D eigenvalue weighted by molar-refractivity contribution is -0.345. The third kappa shape index (κ3) is 2.10. The van der Waals surface area contributed by atoms with Gasteiger partial charge >= 0.3 is 5.91 Å². The molecule has 5 heteroatoms. The molecule has 18 heavy (non-hydrogen) atoms. The van der Waals surface area contributed by atoms with Crippen LogP contribution in [0.25, 0.3) is 0 Å². The normalized spacial score (nSPS) is 23.1. The molecule has 0 aromatic heterocycles. The fraction of sp³-hybridized carbons (Fsp3) is 0.538. The number of methoxy groups -OCH3 is 3. The number of nitrogens with zero attached hydrogens (tertiary/aromatic N) is 1. The maximum Gasteiger partial charge on any atom is 0.305 e. The number of morpholine rings is 1. The van der Waals surface area contributed by atoms with Crippen molar-refractivity contribution in [3.05, 3.63) is 30.3 Å². The van der Waals surface area contributed by atoms with Gasteiger partial charge in [-0.05, 0) is 12.1 Å². The van der Waals surface area contributed by atoms with Crippen LogP contribution in [0.1, 0.15) is 0 Å². The van der Waals surface area contributed by atoms with Crippen LogP contribution in [0, 0.1) is 0 Å². The van der Waals surface area contributed by atoms with E-state index < -0.39 is 12.2 Å². The van der Waals surface area contributed by atoms with Gasteiger partial charge in [-0.15, -0.1) is 0 Å². The third-order valence-corrected chi connectivity index (χ3v) is 3.13. The van der Waals surface area contributed by atoms with Gasteiger partial charge in [0.15, 0.2) is 0 Å². The SMILES string of the molecule is COC1OCCN(c2ccccc2)C1(OC)OC. The minimum Gasteiger partial charge on any atom is -0.350 e. The summed E-state index contributed by atoms with van der Waals surface area (Å²) in [5.41, 5.74) is 1.01. The molecule has 0 amide bonds. The van der Waals surface area contributed by atoms with Crippen LogP contribution in [-0.4, -0.2) is 46.7 Å². The van der Waals surface area contributed by atoms with E-state index in [1.807, 2.05) is 35.2 Å². The molecule has 1 aliphatic rings. The first kappa shape index (κ1) is 13.3. The van der Waals surface area contributed by atoms with Gasteiger partial charge in [0.25, 0.3) is 0 Å². The van der Waals surface area contributed by atoms with Gasteiger partial charge in [-0.3, -0.25) is 0 Å². The van der Waals surface area contributed by atoms with Gasteiger partial charge in [-0.2, -0.15) is 0 Å². The Kier molecular flexibility index (Phi) is 4.19. The van der Waals surface area contributed by atoms with Crippen molar-refractivity contribution in [2.45, 2.75) is 12.2 Å². The van der Waals surface area contributed by atoms with Gasteiger partial charge in [-0.1, -0.05) is 18.2 Å². The summed E-state index contributed by atoms with van der Waals surface area (Å²) in [6.45, 7) is 1.23. The first-order valence-corrected chi connectivity index (χ1v) is 5.86. The van der Waals surface area contributed by atoms with Crippen molar-refractivity contribution in [1.29, 1.82) is 0 Å². The summed E-state index contributed by atoms with van der Waals surface area (Å²) >= 11 is 0. The second-order valence-corrected chi connectivity index (χ2v) is 3.96. The molecule has 0 aliphatic carbocycles. The lowest BCUT2D eigenvalue weighted by atomic mass is 10.2. The van der Waals surface area contributed by atoms with Crippen LogP contribution >= 0.6 is 0 Å². The van der Waals surface area contributed by atoms with Crippen LogP contribution in [0.5, 0.6) is 0 Å². The zero-order valence-electron chi connectivity index (χ0n) is 11.0. The summed E-state index contributed by atoms with van der Waals surface area (Å²) in [7, 11) is 4.74. The third-order valence-electron chi connectivity index (χ3n) is 3.13. The molecule has 1 atom stereocenters. The molecule has 1 aromatic carbocycles. The fourth-order valence-electron chi connectivity index (χ4n) is 2.27. The highest BCUT2D eigenvalue weighted by atomic mass is 16.8. The van der Waals surface area contributed by atoms with E-state index >= 15 is 0 Å². The van der Waals surface area contributed by atoms with Crippen LogP contribution in [-0.2, 0) is 18.9 Å². The molecule has 0 N–H and O–H groups in total. The Morgan fingerprint density at radius 3 is 2.39 bits per heavy atom. The maximum absolute atomic E-state index is 5.56. The highest BCUT2D eigenvalue weighted by Crippen LogP contribution is 2.33. The molecule has 100 valence electrons. The van der Waals surface area contributed by atoms with Crippen LogP contribution in [0.4, 0.5) is 5.69 Å². The van der Waals surface area contributed by atoms with Gasteiger partial charge in [0.05, 0.1) is 6.61 Å². The van der Waals surface area contributed by atoms with Gasteiger partial charge in [0, 0.05) is 33.6 Å². The van der Waals surface area contributed by atoms with E-state index in [0.29, 0.717) is 13.2 Å². The molecule has 1 unspecified atom stereocenters. The Hall–Kier alpha value is -1.14. The Balaban J connectivity index is 2.37. The highest BCUT2D eigenvalue weighted by Gasteiger charge is 2.50. The zero-order valence-corrected chi connectivity index (χ0v) is 11.0. The molecule has 0 spiro atoms. The highest BCUT2D eigenvalue weighted by molar-refractivity contribution is 5.48. The summed E-state index contributed by atoms with van der Waals surface area (Å²) in [5, 5.41) is 0. The fourth-order valence-corrected chi connectivity index (χ4v) is 2.27. The van der Waals surface area contributed by atoms with E-state index in [0.717, 1.165) is 5.69 Å². The number of hydrogen-bond acceptors (Lipinski definition) is 5. The van der Waals surface area contributed by atoms with Crippen molar-refractivity contribution in [3.63, 3.8) is 0 Å². The van der Waals surface area contributed by atoms with E-state index in [1.165, 1.54) is 0 Å². The van der Waals surface area contributed by atoms with Crippen molar-refractivity contribution < 1.29 is 18.9 Å². The van der Waals surface area contributed by atoms with Gasteiger partial charge in [0.1, 0.15) is 0 Å². The maximum atomic E-state index is 5.56. The lowest BCUT2D eigenvalue weighted by Gasteiger charge is -2.48. The van der Waals surface area contributed by atoms with E-state index in [4.69, 9.17) is 18.9 Å². The van der Waals surface area contributed by atoms with E-state index in [-0.39, 0.29) is 0 Å². The topological polar surface area (TPSA) is 40.2 Å². The number of para-hydroxylation sites is 1. The molecule has 0 radical (unpaired) electrons. The van der Waals surface area contributed by atoms with Crippen molar-refractivity contribution in [2.75, 3.05) is 39.4 Å². The number of hydrogen-bond donors (Lipinski definition) is 0. The standard InChI is InChI=1S/C13H19NO4/c1-15-12-13(16-2,17-3)14(9-10-18-12)11-7-5-4-6-8-11/h4-8,12H,9-10H2,1-3H3. The van der Waals surface area contributed by atoms with Crippen LogP contribution in [0.2, 0.25) is 0 Å². The Morgan fingerprint density at radius 1 is 1.17 bits per heavy atom. The van der Waals surface area contributed by atoms with Crippen molar-refractivity contribution in [1.82, 2.24) is 0 Å². The van der Waals surface area contributed by atoms with E-state index in [9.17, 15) is 0 Å². The summed E-state index contributed by atoms with van der Waals surface area (Å²) in [6, 6.07) is 9.93. The second-order valence-electron chi connectivity index (χ2n) is 3.96. The second kappa shape index (κ2) is 5.67. The Morgan fingerprint density at radius 2 is 1.83 bits per heavy atom. The average Bonchev–Trinajstić information content (AvgIpc) is 2.47. The van der Waals surface area contributed by atoms with Gasteiger partial charge < -0.3 is 23.8 Å². The predicted octanol–water partition coefficient (Wildman–Crippen LogP) is 1.44. The number of benzene rings is 1. The van der Waals surface area contributed by atoms with Crippen LogP contribution < -0.4 is 4.90 Å². The quantitative estimate of drug-likeness (QED) is 0.759. The van der Waals surface area contributed by atoms with Crippen molar-refractivity contribution in [2.24, 2.45) is 0 Å². The van der Waals surface area contributed by atoms with Crippen LogP contribution in [0.15, 0.2) is 30.3 Å². The Bertz CT molecular complexity index is 367. The zero-order chi connectivity index (χ0) is 13.0. The number of anilines is 1. The number of rotatable bonds is 4. The molecule has 0 bridgehead atoms. The van der Waals surface area contributed by atoms with E-state index in [1.54, 1.807) is 21.3 Å². The molecular formula is C13H19NO4. The summed E-state index contributed by atoms with van der Waals surface area (Å²) in [4.78, 5) is 2.00. The molecule has 5 nitrogen and oxygen atoms in total. The molecule has 2 rings (SSSR count). The minimum atomic E-state index is -1.06. The average molecular weight is 253 g/mol. The van der Waals surface area contributed by atoms with Crippen molar-refractivity contribution in [3.8, 4) is 0 Å². The molecule has 1 fully saturated rings. The molecule has 0 saturated carbocycles. The molecular weight excluding hydrogens is 234 g/mol. The summed E-state index contributed by atoms with van der Waals surface area (Å²) < 4.78 is 22.0. The van der Waals surface area contributed by atoms with Crippen molar-refractivity contribution >= 4 is 5.69 Å². The molecule has 1 heterocycles. The summed E-state index contributed by atoms with van der Waals surface area (Å²) in [6.07, 6.45) is -0.596.